The molecule has 0 aromatic heterocycles. The molecule has 1 heterocycles. The van der Waals surface area contributed by atoms with Gasteiger partial charge in [0.25, 0.3) is 0 Å². The van der Waals surface area contributed by atoms with Crippen molar-refractivity contribution in [2.75, 3.05) is 4.90 Å². The lowest BCUT2D eigenvalue weighted by Gasteiger charge is -2.15. The van der Waals surface area contributed by atoms with Crippen LogP contribution in [-0.2, 0) is 9.59 Å². The first-order valence-corrected chi connectivity index (χ1v) is 6.44. The van der Waals surface area contributed by atoms with Gasteiger partial charge in [0.2, 0.25) is 11.8 Å². The van der Waals surface area contributed by atoms with Crippen LogP contribution in [0.25, 0.3) is 0 Å². The maximum Gasteiger partial charge on any atom is 0.238 e. The third-order valence-electron chi connectivity index (χ3n) is 3.87. The summed E-state index contributed by atoms with van der Waals surface area (Å²) in [6.07, 6.45) is 5.02. The number of hydrogen-bond donors (Lipinski definition) is 0. The summed E-state index contributed by atoms with van der Waals surface area (Å²) in [6, 6.07) is 5.61. The normalized spacial score (nSPS) is 24.9. The number of carbonyl (C=O) groups excluding carboxylic acids is 3. The van der Waals surface area contributed by atoms with Crippen molar-refractivity contribution in [2.45, 2.75) is 12.8 Å². The highest BCUT2D eigenvalue weighted by Gasteiger charge is 2.47. The Kier molecular flexibility index (Phi) is 2.89. The van der Waals surface area contributed by atoms with Crippen molar-refractivity contribution < 1.29 is 19.5 Å². The van der Waals surface area contributed by atoms with Crippen LogP contribution in [0.4, 0.5) is 5.69 Å². The Hall–Kier alpha value is -2.43. The minimum absolute atomic E-state index is 0.0203. The van der Waals surface area contributed by atoms with E-state index in [2.05, 4.69) is 0 Å². The van der Waals surface area contributed by atoms with Crippen LogP contribution in [0, 0.1) is 11.8 Å². The van der Waals surface area contributed by atoms with E-state index >= 15 is 0 Å². The molecule has 0 bridgehead atoms. The molecule has 2 atom stereocenters. The Morgan fingerprint density at radius 2 is 1.50 bits per heavy atom. The topological polar surface area (TPSA) is 77.5 Å². The lowest BCUT2D eigenvalue weighted by Crippen LogP contribution is -2.31. The number of carbonyl (C=O) groups is 3. The molecule has 2 aliphatic rings. The van der Waals surface area contributed by atoms with Gasteiger partial charge in [-0.15, -0.1) is 0 Å². The van der Waals surface area contributed by atoms with Gasteiger partial charge in [0.05, 0.1) is 23.5 Å². The number of allylic oxidation sites excluding steroid dienone is 2. The van der Waals surface area contributed by atoms with Crippen molar-refractivity contribution in [1.29, 1.82) is 0 Å². The standard InChI is InChI=1S/C15H13NO4/c17-13-11-3-1-2-4-12(11)14(18)16(13)10-7-5-9(6-8-10)15(19)20/h1-2,5-8,11-12H,3-4H2,(H,19,20)/p-1/t11-,12-/m0/s1. The van der Waals surface area contributed by atoms with Crippen LogP contribution in [0.3, 0.4) is 0 Å². The van der Waals surface area contributed by atoms with Gasteiger partial charge in [0.15, 0.2) is 0 Å². The molecule has 1 aromatic rings. The summed E-state index contributed by atoms with van der Waals surface area (Å²) >= 11 is 0. The molecular weight excluding hydrogens is 258 g/mol. The highest BCUT2D eigenvalue weighted by Crippen LogP contribution is 2.37. The molecule has 1 aliphatic heterocycles. The molecule has 1 fully saturated rings. The summed E-state index contributed by atoms with van der Waals surface area (Å²) in [5.74, 6) is -2.26. The summed E-state index contributed by atoms with van der Waals surface area (Å²) in [6.45, 7) is 0. The van der Waals surface area contributed by atoms with E-state index in [1.54, 1.807) is 0 Å². The van der Waals surface area contributed by atoms with Crippen molar-refractivity contribution >= 4 is 23.5 Å². The molecule has 2 amide bonds. The molecular formula is C15H12NO4-. The quantitative estimate of drug-likeness (QED) is 0.579. The van der Waals surface area contributed by atoms with E-state index in [1.807, 2.05) is 12.2 Å². The van der Waals surface area contributed by atoms with Crippen molar-refractivity contribution in [3.63, 3.8) is 0 Å². The number of hydrogen-bond acceptors (Lipinski definition) is 4. The minimum Gasteiger partial charge on any atom is -0.545 e. The number of nitrogens with zero attached hydrogens (tertiary/aromatic N) is 1. The van der Waals surface area contributed by atoms with E-state index in [9.17, 15) is 19.5 Å². The molecule has 1 aromatic carbocycles. The van der Waals surface area contributed by atoms with Crippen LogP contribution in [0.1, 0.15) is 23.2 Å². The fourth-order valence-corrected chi connectivity index (χ4v) is 2.80. The van der Waals surface area contributed by atoms with Gasteiger partial charge in [-0.05, 0) is 30.5 Å². The lowest BCUT2D eigenvalue weighted by molar-refractivity contribution is -0.255. The molecule has 0 saturated carbocycles. The van der Waals surface area contributed by atoms with Crippen molar-refractivity contribution in [3.05, 3.63) is 42.0 Å². The maximum atomic E-state index is 12.3. The molecule has 3 rings (SSSR count). The van der Waals surface area contributed by atoms with Crippen LogP contribution in [0.15, 0.2) is 36.4 Å². The highest BCUT2D eigenvalue weighted by atomic mass is 16.4. The Bertz CT molecular complexity index is 591. The molecule has 0 N–H and O–H groups in total. The molecule has 0 spiro atoms. The molecule has 1 saturated heterocycles. The van der Waals surface area contributed by atoms with E-state index in [4.69, 9.17) is 0 Å². The highest BCUT2D eigenvalue weighted by molar-refractivity contribution is 6.22. The summed E-state index contributed by atoms with van der Waals surface area (Å²) in [5.41, 5.74) is 0.436. The van der Waals surface area contributed by atoms with Gasteiger partial charge in [-0.2, -0.15) is 0 Å². The average Bonchev–Trinajstić information content (AvgIpc) is 2.72. The molecule has 0 unspecified atom stereocenters. The lowest BCUT2D eigenvalue weighted by atomic mass is 9.85. The van der Waals surface area contributed by atoms with E-state index < -0.39 is 5.97 Å². The number of rotatable bonds is 2. The van der Waals surface area contributed by atoms with E-state index in [1.165, 1.54) is 29.2 Å². The second-order valence-electron chi connectivity index (χ2n) is 5.00. The number of fused-ring (bicyclic) bond motifs is 1. The monoisotopic (exact) mass is 270 g/mol. The van der Waals surface area contributed by atoms with Gasteiger partial charge in [-0.1, -0.05) is 24.3 Å². The van der Waals surface area contributed by atoms with Crippen LogP contribution in [-0.4, -0.2) is 17.8 Å². The average molecular weight is 270 g/mol. The first kappa shape index (κ1) is 12.6. The van der Waals surface area contributed by atoms with Gasteiger partial charge in [-0.3, -0.25) is 14.5 Å². The molecule has 1 aliphatic carbocycles. The number of anilines is 1. The largest absolute Gasteiger partial charge is 0.545 e. The first-order chi connectivity index (χ1) is 9.59. The number of benzene rings is 1. The van der Waals surface area contributed by atoms with Gasteiger partial charge in [-0.25, -0.2) is 0 Å². The third-order valence-corrected chi connectivity index (χ3v) is 3.87. The molecule has 5 nitrogen and oxygen atoms in total. The van der Waals surface area contributed by atoms with Gasteiger partial charge >= 0.3 is 0 Å². The number of carboxylic acids is 1. The number of carboxylic acid groups (broad SMARTS) is 1. The van der Waals surface area contributed by atoms with Gasteiger partial charge in [0, 0.05) is 0 Å². The number of aromatic carboxylic acids is 1. The fraction of sp³-hybridized carbons (Fsp3) is 0.267. The number of imide groups is 1. The third kappa shape index (κ3) is 1.82. The number of amides is 2. The smallest absolute Gasteiger partial charge is 0.238 e. The van der Waals surface area contributed by atoms with Crippen LogP contribution >= 0.6 is 0 Å². The van der Waals surface area contributed by atoms with Crippen molar-refractivity contribution in [3.8, 4) is 0 Å². The predicted molar refractivity (Wildman–Crippen MR) is 68.6 cm³/mol. The van der Waals surface area contributed by atoms with Crippen LogP contribution in [0.2, 0.25) is 0 Å². The van der Waals surface area contributed by atoms with Crippen molar-refractivity contribution in [2.24, 2.45) is 11.8 Å². The zero-order valence-corrected chi connectivity index (χ0v) is 10.6. The predicted octanol–water partition coefficient (Wildman–Crippen LogP) is 0.506. The van der Waals surface area contributed by atoms with Crippen molar-refractivity contribution in [1.82, 2.24) is 0 Å². The zero-order chi connectivity index (χ0) is 14.3. The molecule has 0 radical (unpaired) electrons. The van der Waals surface area contributed by atoms with Gasteiger partial charge in [0.1, 0.15) is 0 Å². The summed E-state index contributed by atoms with van der Waals surface area (Å²) in [7, 11) is 0. The fourth-order valence-electron chi connectivity index (χ4n) is 2.80. The summed E-state index contributed by atoms with van der Waals surface area (Å²) in [4.78, 5) is 36.5. The van der Waals surface area contributed by atoms with E-state index in [-0.39, 0.29) is 29.2 Å². The first-order valence-electron chi connectivity index (χ1n) is 6.44. The molecule has 102 valence electrons. The molecule has 5 heteroatoms. The van der Waals surface area contributed by atoms with Crippen LogP contribution in [0.5, 0.6) is 0 Å². The Morgan fingerprint density at radius 1 is 1.00 bits per heavy atom. The minimum atomic E-state index is -1.28. The molecule has 20 heavy (non-hydrogen) atoms. The Morgan fingerprint density at radius 3 is 1.95 bits per heavy atom. The summed E-state index contributed by atoms with van der Waals surface area (Å²) < 4.78 is 0. The zero-order valence-electron chi connectivity index (χ0n) is 10.6. The van der Waals surface area contributed by atoms with E-state index in [0.717, 1.165) is 0 Å². The summed E-state index contributed by atoms with van der Waals surface area (Å²) in [5, 5.41) is 10.7. The van der Waals surface area contributed by atoms with E-state index in [0.29, 0.717) is 18.5 Å². The Balaban J connectivity index is 1.92. The van der Waals surface area contributed by atoms with Crippen LogP contribution < -0.4 is 10.0 Å². The van der Waals surface area contributed by atoms with Gasteiger partial charge < -0.3 is 9.90 Å². The SMILES string of the molecule is O=C([O-])c1ccc(N2C(=O)[C@H]3CC=CC[C@@H]3C2=O)cc1. The second kappa shape index (κ2) is 4.59. The maximum absolute atomic E-state index is 12.3. The second-order valence-corrected chi connectivity index (χ2v) is 5.00. The Labute approximate surface area is 115 Å².